The molecule has 1 aromatic carbocycles. The molecule has 0 aliphatic carbocycles. The summed E-state index contributed by atoms with van der Waals surface area (Å²) in [4.78, 5) is 14.1. The van der Waals surface area contributed by atoms with Crippen LogP contribution in [0.5, 0.6) is 0 Å². The molecule has 2 nitrogen and oxygen atoms in total. The number of unbranched alkanes of at least 4 members (excludes halogenated alkanes) is 10. The lowest BCUT2D eigenvalue weighted by Gasteiger charge is -2.04. The van der Waals surface area contributed by atoms with Crippen LogP contribution < -0.4 is 0 Å². The second-order valence-corrected chi connectivity index (χ2v) is 5.94. The Bertz CT molecular complexity index is 435. The minimum atomic E-state index is 0.726. The number of aliphatic imine (C=N–C) groups is 1. The Labute approximate surface area is 136 Å². The molecule has 0 saturated carbocycles. The van der Waals surface area contributed by atoms with Crippen LogP contribution >= 0.6 is 0 Å². The van der Waals surface area contributed by atoms with Crippen LogP contribution in [-0.4, -0.2) is 6.08 Å². The predicted molar refractivity (Wildman–Crippen MR) is 94.1 cm³/mol. The summed E-state index contributed by atoms with van der Waals surface area (Å²) in [5, 5.41) is 0. The summed E-state index contributed by atoms with van der Waals surface area (Å²) in [6.07, 6.45) is 18.4. The number of nitrogens with zero attached hydrogens (tertiary/aromatic N) is 1. The van der Waals surface area contributed by atoms with Crippen molar-refractivity contribution in [3.63, 3.8) is 0 Å². The number of para-hydroxylation sites is 1. The van der Waals surface area contributed by atoms with E-state index in [9.17, 15) is 4.79 Å². The maximum absolute atomic E-state index is 10.4. The normalized spacial score (nSPS) is 10.4. The third-order valence-corrected chi connectivity index (χ3v) is 4.02. The summed E-state index contributed by atoms with van der Waals surface area (Å²) in [6.45, 7) is 2.26. The molecule has 22 heavy (non-hydrogen) atoms. The summed E-state index contributed by atoms with van der Waals surface area (Å²) in [6, 6.07) is 7.74. The van der Waals surface area contributed by atoms with Gasteiger partial charge in [0.1, 0.15) is 0 Å². The number of hydrogen-bond donors (Lipinski definition) is 0. The lowest BCUT2D eigenvalue weighted by Crippen LogP contribution is -1.85. The molecule has 0 saturated heterocycles. The number of hydrogen-bond acceptors (Lipinski definition) is 2. The van der Waals surface area contributed by atoms with Gasteiger partial charge < -0.3 is 0 Å². The number of benzene rings is 1. The summed E-state index contributed by atoms with van der Waals surface area (Å²) in [5.74, 6) is 0. The summed E-state index contributed by atoms with van der Waals surface area (Å²) in [7, 11) is 0. The molecule has 1 radical (unpaired) electrons. The summed E-state index contributed by atoms with van der Waals surface area (Å²) >= 11 is 0. The standard InChI is InChI=1S/C20H30NO/c1-2-3-4-5-6-7-8-9-10-11-12-15-19-16-13-14-17-20(19)21-18-22/h13-17H,2-12H2,1H3. The van der Waals surface area contributed by atoms with Gasteiger partial charge in [0.25, 0.3) is 0 Å². The van der Waals surface area contributed by atoms with Gasteiger partial charge in [0.2, 0.25) is 6.08 Å². The Kier molecular flexibility index (Phi) is 11.3. The maximum atomic E-state index is 10.4. The molecule has 1 aromatic rings. The van der Waals surface area contributed by atoms with Crippen molar-refractivity contribution in [2.24, 2.45) is 4.99 Å². The van der Waals surface area contributed by atoms with Crippen molar-refractivity contribution >= 4 is 11.8 Å². The lowest BCUT2D eigenvalue weighted by molar-refractivity contribution is 0.556. The Morgan fingerprint density at radius 2 is 1.50 bits per heavy atom. The van der Waals surface area contributed by atoms with Gasteiger partial charge in [0.15, 0.2) is 0 Å². The van der Waals surface area contributed by atoms with Crippen LogP contribution in [-0.2, 0) is 4.79 Å². The number of isocyanates is 1. The van der Waals surface area contributed by atoms with Crippen molar-refractivity contribution in [1.82, 2.24) is 0 Å². The first-order chi connectivity index (χ1) is 10.9. The van der Waals surface area contributed by atoms with Crippen LogP contribution in [0.4, 0.5) is 5.69 Å². The smallest absolute Gasteiger partial charge is 0.211 e. The predicted octanol–water partition coefficient (Wildman–Crippen LogP) is 6.52. The van der Waals surface area contributed by atoms with E-state index >= 15 is 0 Å². The summed E-state index contributed by atoms with van der Waals surface area (Å²) < 4.78 is 0. The molecular formula is C20H30NO. The molecule has 0 fully saturated rings. The maximum Gasteiger partial charge on any atom is 0.240 e. The van der Waals surface area contributed by atoms with Crippen LogP contribution in [0.3, 0.4) is 0 Å². The number of rotatable bonds is 13. The van der Waals surface area contributed by atoms with Crippen molar-refractivity contribution in [1.29, 1.82) is 0 Å². The highest BCUT2D eigenvalue weighted by molar-refractivity contribution is 5.55. The molecule has 0 aliphatic heterocycles. The van der Waals surface area contributed by atoms with E-state index in [2.05, 4.69) is 18.3 Å². The Morgan fingerprint density at radius 1 is 0.909 bits per heavy atom. The van der Waals surface area contributed by atoms with Gasteiger partial charge in [-0.15, -0.1) is 0 Å². The minimum absolute atomic E-state index is 0.726. The van der Waals surface area contributed by atoms with Gasteiger partial charge in [-0.25, -0.2) is 4.79 Å². The van der Waals surface area contributed by atoms with Crippen molar-refractivity contribution in [2.45, 2.75) is 77.6 Å². The highest BCUT2D eigenvalue weighted by Gasteiger charge is 2.00. The zero-order valence-corrected chi connectivity index (χ0v) is 14.0. The molecule has 0 atom stereocenters. The van der Waals surface area contributed by atoms with Crippen molar-refractivity contribution in [3.05, 3.63) is 36.2 Å². The van der Waals surface area contributed by atoms with Crippen molar-refractivity contribution < 1.29 is 4.79 Å². The van der Waals surface area contributed by atoms with Gasteiger partial charge in [-0.3, -0.25) is 0 Å². The van der Waals surface area contributed by atoms with Crippen LogP contribution in [0.2, 0.25) is 0 Å². The quantitative estimate of drug-likeness (QED) is 0.232. The first-order valence-corrected chi connectivity index (χ1v) is 8.88. The van der Waals surface area contributed by atoms with Gasteiger partial charge >= 0.3 is 0 Å². The average Bonchev–Trinajstić information content (AvgIpc) is 2.54. The van der Waals surface area contributed by atoms with Crippen molar-refractivity contribution in [2.75, 3.05) is 0 Å². The second-order valence-electron chi connectivity index (χ2n) is 5.94. The molecule has 0 aromatic heterocycles. The summed E-state index contributed by atoms with van der Waals surface area (Å²) in [5.41, 5.74) is 1.77. The fourth-order valence-electron chi connectivity index (χ4n) is 2.70. The molecule has 1 rings (SSSR count). The molecule has 0 aliphatic rings. The highest BCUT2D eigenvalue weighted by Crippen LogP contribution is 2.22. The average molecular weight is 300 g/mol. The molecular weight excluding hydrogens is 270 g/mol. The zero-order valence-electron chi connectivity index (χ0n) is 14.0. The van der Waals surface area contributed by atoms with Gasteiger partial charge in [-0.2, -0.15) is 4.99 Å². The van der Waals surface area contributed by atoms with Gasteiger partial charge in [-0.05, 0) is 24.5 Å². The lowest BCUT2D eigenvalue weighted by atomic mass is 10.0. The highest BCUT2D eigenvalue weighted by atomic mass is 16.1. The van der Waals surface area contributed by atoms with Crippen LogP contribution in [0, 0.1) is 6.42 Å². The Balaban J connectivity index is 2.01. The van der Waals surface area contributed by atoms with Gasteiger partial charge in [-0.1, -0.05) is 89.3 Å². The van der Waals surface area contributed by atoms with E-state index < -0.39 is 0 Å². The molecule has 2 heteroatoms. The van der Waals surface area contributed by atoms with Gasteiger partial charge in [0, 0.05) is 0 Å². The third kappa shape index (κ3) is 8.79. The minimum Gasteiger partial charge on any atom is -0.211 e. The van der Waals surface area contributed by atoms with E-state index in [1.54, 1.807) is 6.08 Å². The first kappa shape index (κ1) is 18.6. The second kappa shape index (κ2) is 13.3. The largest absolute Gasteiger partial charge is 0.240 e. The first-order valence-electron chi connectivity index (χ1n) is 8.88. The van der Waals surface area contributed by atoms with E-state index in [1.165, 1.54) is 64.2 Å². The molecule has 0 bridgehead atoms. The van der Waals surface area contributed by atoms with Crippen LogP contribution in [0.15, 0.2) is 29.3 Å². The van der Waals surface area contributed by atoms with E-state index in [4.69, 9.17) is 0 Å². The van der Waals surface area contributed by atoms with E-state index in [0.29, 0.717) is 0 Å². The SMILES string of the molecule is CCCCCCCCCCCC[CH]c1ccccc1N=C=O. The molecule has 0 heterocycles. The fourth-order valence-corrected chi connectivity index (χ4v) is 2.70. The van der Waals surface area contributed by atoms with Crippen molar-refractivity contribution in [3.8, 4) is 0 Å². The molecule has 0 N–H and O–H groups in total. The van der Waals surface area contributed by atoms with Gasteiger partial charge in [0.05, 0.1) is 5.69 Å². The molecule has 121 valence electrons. The van der Waals surface area contributed by atoms with Crippen LogP contribution in [0.1, 0.15) is 83.1 Å². The zero-order chi connectivity index (χ0) is 15.9. The molecule has 0 spiro atoms. The molecule has 0 unspecified atom stereocenters. The van der Waals surface area contributed by atoms with E-state index in [0.717, 1.165) is 17.7 Å². The Hall–Kier alpha value is -1.40. The molecule has 0 amide bonds. The van der Waals surface area contributed by atoms with E-state index in [-0.39, 0.29) is 0 Å². The topological polar surface area (TPSA) is 29.4 Å². The fraction of sp³-hybridized carbons (Fsp3) is 0.600. The Morgan fingerprint density at radius 3 is 2.14 bits per heavy atom. The van der Waals surface area contributed by atoms with E-state index in [1.807, 2.05) is 24.3 Å². The monoisotopic (exact) mass is 300 g/mol. The third-order valence-electron chi connectivity index (χ3n) is 4.02. The van der Waals surface area contributed by atoms with Crippen LogP contribution in [0.25, 0.3) is 0 Å². The number of carbonyl (C=O) groups excluding carboxylic acids is 1.